The van der Waals surface area contributed by atoms with Crippen LogP contribution in [0.3, 0.4) is 0 Å². The van der Waals surface area contributed by atoms with Crippen molar-refractivity contribution in [2.24, 2.45) is 5.14 Å². The molecule has 2 N–H and O–H groups in total. The van der Waals surface area contributed by atoms with E-state index in [2.05, 4.69) is 12.6 Å². The van der Waals surface area contributed by atoms with Gasteiger partial charge in [0.25, 0.3) is 0 Å². The molecule has 1 rings (SSSR count). The highest BCUT2D eigenvalue weighted by Gasteiger charge is 2.12. The lowest BCUT2D eigenvalue weighted by atomic mass is 10.1. The van der Waals surface area contributed by atoms with Gasteiger partial charge in [-0.3, -0.25) is 0 Å². The van der Waals surface area contributed by atoms with Gasteiger partial charge in [0.1, 0.15) is 0 Å². The van der Waals surface area contributed by atoms with Crippen LogP contribution in [0.15, 0.2) is 21.9 Å². The van der Waals surface area contributed by atoms with E-state index < -0.39 is 10.0 Å². The van der Waals surface area contributed by atoms with E-state index in [9.17, 15) is 8.42 Å². The summed E-state index contributed by atoms with van der Waals surface area (Å²) in [6, 6.07) is 3.23. The van der Waals surface area contributed by atoms with Gasteiger partial charge in [-0.15, -0.1) is 12.6 Å². The number of hydrogen-bond acceptors (Lipinski definition) is 3. The minimum Gasteiger partial charge on any atom is -0.225 e. The largest absolute Gasteiger partial charge is 0.239 e. The maximum atomic E-state index is 11.0. The number of nitrogens with two attached hydrogens (primary N) is 1. The molecule has 0 unspecified atom stereocenters. The molecule has 0 saturated heterocycles. The summed E-state index contributed by atoms with van der Waals surface area (Å²) in [5.74, 6) is 0. The Hall–Kier alpha value is -0.520. The molecular formula is C8H11NO2S2. The molecule has 0 saturated carbocycles. The SMILES string of the molecule is Cc1cc(S)c(S(N)(=O)=O)cc1C. The van der Waals surface area contributed by atoms with Gasteiger partial charge in [-0.2, -0.15) is 0 Å². The van der Waals surface area contributed by atoms with Crippen molar-refractivity contribution < 1.29 is 8.42 Å². The third-order valence-corrected chi connectivity index (χ3v) is 3.35. The number of thiol groups is 1. The molecule has 1 aromatic carbocycles. The highest BCUT2D eigenvalue weighted by molar-refractivity contribution is 7.90. The van der Waals surface area contributed by atoms with Crippen molar-refractivity contribution in [3.63, 3.8) is 0 Å². The van der Waals surface area contributed by atoms with E-state index in [4.69, 9.17) is 5.14 Å². The first-order valence-corrected chi connectivity index (χ1v) is 5.65. The molecule has 1 aromatic rings. The van der Waals surface area contributed by atoms with Crippen LogP contribution in [0.5, 0.6) is 0 Å². The highest BCUT2D eigenvalue weighted by atomic mass is 32.2. The molecule has 0 spiro atoms. The van der Waals surface area contributed by atoms with Gasteiger partial charge in [0, 0.05) is 4.90 Å². The normalized spacial score (nSPS) is 11.7. The summed E-state index contributed by atoms with van der Waals surface area (Å²) in [5, 5.41) is 5.00. The van der Waals surface area contributed by atoms with E-state index in [1.807, 2.05) is 13.8 Å². The Bertz CT molecular complexity index is 438. The molecule has 0 atom stereocenters. The topological polar surface area (TPSA) is 60.2 Å². The van der Waals surface area contributed by atoms with Crippen molar-refractivity contribution in [1.82, 2.24) is 0 Å². The van der Waals surface area contributed by atoms with Crippen molar-refractivity contribution >= 4 is 22.7 Å². The van der Waals surface area contributed by atoms with Crippen LogP contribution in [0.4, 0.5) is 0 Å². The average Bonchev–Trinajstić information content (AvgIpc) is 1.94. The number of sulfonamides is 1. The predicted octanol–water partition coefficient (Wildman–Crippen LogP) is 1.24. The van der Waals surface area contributed by atoms with Crippen LogP contribution in [0.25, 0.3) is 0 Å². The van der Waals surface area contributed by atoms with Crippen LogP contribution in [0.1, 0.15) is 11.1 Å². The fraction of sp³-hybridized carbons (Fsp3) is 0.250. The lowest BCUT2D eigenvalue weighted by Crippen LogP contribution is -2.13. The number of aryl methyl sites for hydroxylation is 2. The standard InChI is InChI=1S/C8H11NO2S2/c1-5-3-7(12)8(4-6(5)2)13(9,10)11/h3-4,12H,1-2H3,(H2,9,10,11). The Morgan fingerprint density at radius 2 is 1.69 bits per heavy atom. The fourth-order valence-corrected chi connectivity index (χ4v) is 2.33. The van der Waals surface area contributed by atoms with Gasteiger partial charge in [0.05, 0.1) is 4.90 Å². The first-order chi connectivity index (χ1) is 5.82. The van der Waals surface area contributed by atoms with Gasteiger partial charge >= 0.3 is 0 Å². The van der Waals surface area contributed by atoms with Crippen LogP contribution >= 0.6 is 12.6 Å². The molecule has 0 bridgehead atoms. The second-order valence-electron chi connectivity index (χ2n) is 2.95. The van der Waals surface area contributed by atoms with Crippen LogP contribution in [0.2, 0.25) is 0 Å². The summed E-state index contributed by atoms with van der Waals surface area (Å²) in [4.78, 5) is 0.476. The minimum absolute atomic E-state index is 0.0823. The number of rotatable bonds is 1. The van der Waals surface area contributed by atoms with Crippen LogP contribution in [-0.4, -0.2) is 8.42 Å². The van der Waals surface area contributed by atoms with Gasteiger partial charge in [0.15, 0.2) is 0 Å². The lowest BCUT2D eigenvalue weighted by Gasteiger charge is -2.06. The lowest BCUT2D eigenvalue weighted by molar-refractivity contribution is 0.595. The molecule has 0 aromatic heterocycles. The summed E-state index contributed by atoms with van der Waals surface area (Å²) in [5.41, 5.74) is 1.89. The van der Waals surface area contributed by atoms with E-state index >= 15 is 0 Å². The minimum atomic E-state index is -3.65. The summed E-state index contributed by atoms with van der Waals surface area (Å²) in [7, 11) is -3.65. The zero-order valence-corrected chi connectivity index (χ0v) is 9.11. The Kier molecular flexibility index (Phi) is 2.70. The van der Waals surface area contributed by atoms with Crippen LogP contribution in [0, 0.1) is 13.8 Å². The smallest absolute Gasteiger partial charge is 0.225 e. The van der Waals surface area contributed by atoms with Crippen LogP contribution < -0.4 is 5.14 Å². The van der Waals surface area contributed by atoms with Crippen molar-refractivity contribution in [3.8, 4) is 0 Å². The van der Waals surface area contributed by atoms with Crippen molar-refractivity contribution in [1.29, 1.82) is 0 Å². The molecule has 0 amide bonds. The second-order valence-corrected chi connectivity index (χ2v) is 4.96. The van der Waals surface area contributed by atoms with Crippen molar-refractivity contribution in [2.75, 3.05) is 0 Å². The maximum Gasteiger partial charge on any atom is 0.239 e. The predicted molar refractivity (Wildman–Crippen MR) is 54.5 cm³/mol. The van der Waals surface area contributed by atoms with Gasteiger partial charge in [-0.25, -0.2) is 13.6 Å². The van der Waals surface area contributed by atoms with Gasteiger partial charge in [0.2, 0.25) is 10.0 Å². The first kappa shape index (κ1) is 10.6. The monoisotopic (exact) mass is 217 g/mol. The van der Waals surface area contributed by atoms with E-state index in [0.717, 1.165) is 11.1 Å². The van der Waals surface area contributed by atoms with Crippen molar-refractivity contribution in [3.05, 3.63) is 23.3 Å². The summed E-state index contributed by atoms with van der Waals surface area (Å²) >= 11 is 4.05. The van der Waals surface area contributed by atoms with Gasteiger partial charge in [-0.1, -0.05) is 0 Å². The molecule has 5 heteroatoms. The average molecular weight is 217 g/mol. The summed E-state index contributed by atoms with van der Waals surface area (Å²) < 4.78 is 22.1. The first-order valence-electron chi connectivity index (χ1n) is 3.65. The second kappa shape index (κ2) is 3.32. The third kappa shape index (κ3) is 2.24. The molecule has 72 valence electrons. The number of hydrogen-bond donors (Lipinski definition) is 2. The van der Waals surface area contributed by atoms with Crippen molar-refractivity contribution in [2.45, 2.75) is 23.6 Å². The maximum absolute atomic E-state index is 11.0. The quantitative estimate of drug-likeness (QED) is 0.695. The van der Waals surface area contributed by atoms with E-state index in [0.29, 0.717) is 4.90 Å². The van der Waals surface area contributed by atoms with Gasteiger partial charge in [-0.05, 0) is 37.1 Å². The van der Waals surface area contributed by atoms with E-state index in [1.54, 1.807) is 6.07 Å². The molecule has 3 nitrogen and oxygen atoms in total. The molecule has 13 heavy (non-hydrogen) atoms. The van der Waals surface area contributed by atoms with E-state index in [-0.39, 0.29) is 4.90 Å². The Balaban J connectivity index is 3.50. The zero-order chi connectivity index (χ0) is 10.2. The number of primary sulfonamides is 1. The summed E-state index contributed by atoms with van der Waals surface area (Å²) in [6.07, 6.45) is 0. The highest BCUT2D eigenvalue weighted by Crippen LogP contribution is 2.22. The molecule has 0 radical (unpaired) electrons. The van der Waals surface area contributed by atoms with E-state index in [1.165, 1.54) is 6.07 Å². The summed E-state index contributed by atoms with van der Waals surface area (Å²) in [6.45, 7) is 3.72. The van der Waals surface area contributed by atoms with Gasteiger partial charge < -0.3 is 0 Å². The Morgan fingerprint density at radius 3 is 2.15 bits per heavy atom. The fourth-order valence-electron chi connectivity index (χ4n) is 1.00. The molecule has 0 heterocycles. The molecule has 0 fully saturated rings. The Labute approximate surface area is 83.4 Å². The Morgan fingerprint density at radius 1 is 1.23 bits per heavy atom. The van der Waals surface area contributed by atoms with Crippen LogP contribution in [-0.2, 0) is 10.0 Å². The molecular weight excluding hydrogens is 206 g/mol. The number of benzene rings is 1. The third-order valence-electron chi connectivity index (χ3n) is 1.88. The zero-order valence-electron chi connectivity index (χ0n) is 7.40. The molecule has 0 aliphatic carbocycles. The molecule has 0 aliphatic heterocycles. The molecule has 0 aliphatic rings.